The summed E-state index contributed by atoms with van der Waals surface area (Å²) in [4.78, 5) is 7.13. The van der Waals surface area contributed by atoms with Crippen molar-refractivity contribution in [2.45, 2.75) is 31.8 Å². The van der Waals surface area contributed by atoms with Gasteiger partial charge in [0.2, 0.25) is 0 Å². The molecule has 0 saturated carbocycles. The number of anilines is 1. The Bertz CT molecular complexity index is 643. The molecule has 1 atom stereocenters. The van der Waals surface area contributed by atoms with Gasteiger partial charge in [-0.15, -0.1) is 11.3 Å². The normalized spacial score (nSPS) is 22.7. The fourth-order valence-corrected chi connectivity index (χ4v) is 4.49. The number of halogens is 1. The predicted octanol–water partition coefficient (Wildman–Crippen LogP) is 4.34. The molecule has 3 nitrogen and oxygen atoms in total. The van der Waals surface area contributed by atoms with Gasteiger partial charge >= 0.3 is 0 Å². The maximum absolute atomic E-state index is 13.0. The quantitative estimate of drug-likeness (QED) is 0.836. The molecule has 2 aliphatic rings. The number of hydrogen-bond acceptors (Lipinski definition) is 4. The first-order valence-corrected chi connectivity index (χ1v) is 9.25. The Morgan fingerprint density at radius 1 is 1.13 bits per heavy atom. The van der Waals surface area contributed by atoms with E-state index in [1.165, 1.54) is 37.8 Å². The number of benzene rings is 1. The van der Waals surface area contributed by atoms with Crippen molar-refractivity contribution in [1.82, 2.24) is 4.98 Å². The zero-order chi connectivity index (χ0) is 15.6. The van der Waals surface area contributed by atoms with E-state index < -0.39 is 0 Å². The van der Waals surface area contributed by atoms with Gasteiger partial charge in [-0.05, 0) is 55.9 Å². The first-order chi connectivity index (χ1) is 11.3. The molecule has 2 fully saturated rings. The highest BCUT2D eigenvalue weighted by atomic mass is 32.1. The van der Waals surface area contributed by atoms with Crippen LogP contribution in [-0.2, 0) is 4.74 Å². The van der Waals surface area contributed by atoms with Crippen LogP contribution in [-0.4, -0.2) is 30.8 Å². The molecule has 5 heteroatoms. The summed E-state index contributed by atoms with van der Waals surface area (Å²) in [5.74, 6) is 0.505. The Morgan fingerprint density at radius 3 is 2.61 bits per heavy atom. The highest BCUT2D eigenvalue weighted by Crippen LogP contribution is 2.33. The number of hydrogen-bond donors (Lipinski definition) is 0. The van der Waals surface area contributed by atoms with Gasteiger partial charge in [0.05, 0.1) is 11.8 Å². The number of thiazole rings is 1. The third-order valence-corrected chi connectivity index (χ3v) is 5.83. The van der Waals surface area contributed by atoms with Crippen molar-refractivity contribution in [1.29, 1.82) is 0 Å². The SMILES string of the molecule is Fc1ccc(-c2csc(N3CCC(C4CCCO4)CC3)n2)cc1. The molecule has 0 bridgehead atoms. The third kappa shape index (κ3) is 3.26. The van der Waals surface area contributed by atoms with Gasteiger partial charge in [-0.3, -0.25) is 0 Å². The molecule has 0 aliphatic carbocycles. The Kier molecular flexibility index (Phi) is 4.31. The summed E-state index contributed by atoms with van der Waals surface area (Å²) in [6.07, 6.45) is 5.32. The van der Waals surface area contributed by atoms with Gasteiger partial charge in [0, 0.05) is 30.6 Å². The molecule has 2 saturated heterocycles. The van der Waals surface area contributed by atoms with E-state index in [2.05, 4.69) is 10.3 Å². The lowest BCUT2D eigenvalue weighted by atomic mass is 9.90. The summed E-state index contributed by atoms with van der Waals surface area (Å²) in [7, 11) is 0. The molecule has 0 spiro atoms. The van der Waals surface area contributed by atoms with E-state index in [-0.39, 0.29) is 5.82 Å². The van der Waals surface area contributed by atoms with E-state index in [1.807, 2.05) is 0 Å². The minimum absolute atomic E-state index is 0.208. The molecule has 0 N–H and O–H groups in total. The second-order valence-corrected chi connectivity index (χ2v) is 7.23. The van der Waals surface area contributed by atoms with Crippen molar-refractivity contribution in [3.8, 4) is 11.3 Å². The predicted molar refractivity (Wildman–Crippen MR) is 91.4 cm³/mol. The van der Waals surface area contributed by atoms with E-state index in [1.54, 1.807) is 23.5 Å². The van der Waals surface area contributed by atoms with Gasteiger partial charge in [-0.25, -0.2) is 9.37 Å². The van der Waals surface area contributed by atoms with Crippen LogP contribution in [0.15, 0.2) is 29.6 Å². The standard InChI is InChI=1S/C18H21FN2OS/c19-15-5-3-13(4-6-15)16-12-23-18(20-16)21-9-7-14(8-10-21)17-2-1-11-22-17/h3-6,12,14,17H,1-2,7-11H2. The molecule has 1 aromatic carbocycles. The van der Waals surface area contributed by atoms with Gasteiger partial charge in [-0.1, -0.05) is 0 Å². The van der Waals surface area contributed by atoms with Crippen molar-refractivity contribution in [3.05, 3.63) is 35.5 Å². The highest BCUT2D eigenvalue weighted by molar-refractivity contribution is 7.14. The average Bonchev–Trinajstić information content (AvgIpc) is 3.28. The van der Waals surface area contributed by atoms with Crippen LogP contribution in [0.4, 0.5) is 9.52 Å². The van der Waals surface area contributed by atoms with Crippen molar-refractivity contribution >= 4 is 16.5 Å². The van der Waals surface area contributed by atoms with Crippen molar-refractivity contribution < 1.29 is 9.13 Å². The van der Waals surface area contributed by atoms with E-state index in [4.69, 9.17) is 9.72 Å². The number of ether oxygens (including phenoxy) is 1. The van der Waals surface area contributed by atoms with Gasteiger partial charge in [-0.2, -0.15) is 0 Å². The lowest BCUT2D eigenvalue weighted by Gasteiger charge is -2.34. The van der Waals surface area contributed by atoms with Crippen LogP contribution in [0.1, 0.15) is 25.7 Å². The van der Waals surface area contributed by atoms with Crippen LogP contribution in [0.3, 0.4) is 0 Å². The molecule has 0 radical (unpaired) electrons. The summed E-state index contributed by atoms with van der Waals surface area (Å²) in [5, 5.41) is 3.14. The summed E-state index contributed by atoms with van der Waals surface area (Å²) in [6.45, 7) is 3.06. The average molecular weight is 332 g/mol. The monoisotopic (exact) mass is 332 g/mol. The first-order valence-electron chi connectivity index (χ1n) is 8.37. The first kappa shape index (κ1) is 15.1. The second kappa shape index (κ2) is 6.57. The molecule has 1 aromatic heterocycles. The molecular formula is C18H21FN2OS. The number of rotatable bonds is 3. The Labute approximate surface area is 140 Å². The summed E-state index contributed by atoms with van der Waals surface area (Å²) >= 11 is 1.68. The second-order valence-electron chi connectivity index (χ2n) is 6.40. The summed E-state index contributed by atoms with van der Waals surface area (Å²) in [6, 6.07) is 6.55. The van der Waals surface area contributed by atoms with E-state index in [0.717, 1.165) is 36.1 Å². The minimum atomic E-state index is -0.208. The fraction of sp³-hybridized carbons (Fsp3) is 0.500. The smallest absolute Gasteiger partial charge is 0.185 e. The fourth-order valence-electron chi connectivity index (χ4n) is 3.60. The van der Waals surface area contributed by atoms with Crippen molar-refractivity contribution in [2.75, 3.05) is 24.6 Å². The van der Waals surface area contributed by atoms with Gasteiger partial charge in [0.15, 0.2) is 5.13 Å². The molecule has 1 unspecified atom stereocenters. The summed E-state index contributed by atoms with van der Waals surface area (Å²) in [5.41, 5.74) is 1.91. The van der Waals surface area contributed by atoms with Crippen LogP contribution in [0.25, 0.3) is 11.3 Å². The van der Waals surface area contributed by atoms with Gasteiger partial charge in [0.25, 0.3) is 0 Å². The number of nitrogens with zero attached hydrogens (tertiary/aromatic N) is 2. The Hall–Kier alpha value is -1.46. The van der Waals surface area contributed by atoms with Crippen LogP contribution in [0, 0.1) is 11.7 Å². The Morgan fingerprint density at radius 2 is 1.91 bits per heavy atom. The maximum Gasteiger partial charge on any atom is 0.185 e. The van der Waals surface area contributed by atoms with Crippen LogP contribution in [0.2, 0.25) is 0 Å². The summed E-state index contributed by atoms with van der Waals surface area (Å²) < 4.78 is 18.9. The molecular weight excluding hydrogens is 311 g/mol. The number of piperidine rings is 1. The van der Waals surface area contributed by atoms with Gasteiger partial charge in [0.1, 0.15) is 5.82 Å². The lowest BCUT2D eigenvalue weighted by molar-refractivity contribution is 0.0531. The Balaban J connectivity index is 1.40. The van der Waals surface area contributed by atoms with Gasteiger partial charge < -0.3 is 9.64 Å². The molecule has 122 valence electrons. The maximum atomic E-state index is 13.0. The topological polar surface area (TPSA) is 25.4 Å². The van der Waals surface area contributed by atoms with Crippen LogP contribution >= 0.6 is 11.3 Å². The zero-order valence-electron chi connectivity index (χ0n) is 13.1. The highest BCUT2D eigenvalue weighted by Gasteiger charge is 2.30. The van der Waals surface area contributed by atoms with E-state index in [0.29, 0.717) is 12.0 Å². The van der Waals surface area contributed by atoms with Crippen molar-refractivity contribution in [2.24, 2.45) is 5.92 Å². The molecule has 2 aliphatic heterocycles. The molecule has 0 amide bonds. The number of aromatic nitrogens is 1. The van der Waals surface area contributed by atoms with E-state index >= 15 is 0 Å². The minimum Gasteiger partial charge on any atom is -0.378 e. The molecule has 4 rings (SSSR count). The largest absolute Gasteiger partial charge is 0.378 e. The van der Waals surface area contributed by atoms with E-state index in [9.17, 15) is 4.39 Å². The zero-order valence-corrected chi connectivity index (χ0v) is 13.9. The van der Waals surface area contributed by atoms with Crippen LogP contribution in [0.5, 0.6) is 0 Å². The van der Waals surface area contributed by atoms with Crippen LogP contribution < -0.4 is 4.90 Å². The molecule has 23 heavy (non-hydrogen) atoms. The van der Waals surface area contributed by atoms with Crippen molar-refractivity contribution in [3.63, 3.8) is 0 Å². The third-order valence-electron chi connectivity index (χ3n) is 4.93. The lowest BCUT2D eigenvalue weighted by Crippen LogP contribution is -2.37. The molecule has 2 aromatic rings. The molecule has 3 heterocycles.